The number of aliphatic hydroxyl groups excluding tert-OH is 1. The van der Waals surface area contributed by atoms with Crippen LogP contribution in [0.1, 0.15) is 34.1 Å². The summed E-state index contributed by atoms with van der Waals surface area (Å²) >= 11 is 0. The summed E-state index contributed by atoms with van der Waals surface area (Å²) in [5.74, 6) is 1.10. The van der Waals surface area contributed by atoms with Gasteiger partial charge in [-0.2, -0.15) is 0 Å². The van der Waals surface area contributed by atoms with Gasteiger partial charge in [0.15, 0.2) is 0 Å². The summed E-state index contributed by atoms with van der Waals surface area (Å²) in [6, 6.07) is 20.9. The molecule has 0 aliphatic rings. The molecule has 2 aromatic carbocycles. The van der Waals surface area contributed by atoms with Gasteiger partial charge < -0.3 is 14.8 Å². The predicted molar refractivity (Wildman–Crippen MR) is 110 cm³/mol. The number of benzene rings is 2. The van der Waals surface area contributed by atoms with Gasteiger partial charge in [0.1, 0.15) is 5.76 Å². The van der Waals surface area contributed by atoms with Gasteiger partial charge in [-0.25, -0.2) is 0 Å². The molecule has 2 atom stereocenters. The maximum absolute atomic E-state index is 9.89. The van der Waals surface area contributed by atoms with Crippen LogP contribution in [0.25, 0.3) is 0 Å². The van der Waals surface area contributed by atoms with Crippen molar-refractivity contribution in [3.8, 4) is 0 Å². The lowest BCUT2D eigenvalue weighted by atomic mass is 9.95. The summed E-state index contributed by atoms with van der Waals surface area (Å²) in [6.45, 7) is 5.17. The molecule has 2 unspecified atom stereocenters. The second kappa shape index (κ2) is 9.54. The van der Waals surface area contributed by atoms with Gasteiger partial charge in [0.25, 0.3) is 0 Å². The average Bonchev–Trinajstić information content (AvgIpc) is 3.21. The topological polar surface area (TPSA) is 45.4 Å². The Labute approximate surface area is 162 Å². The summed E-state index contributed by atoms with van der Waals surface area (Å²) in [4.78, 5) is 0. The zero-order valence-corrected chi connectivity index (χ0v) is 16.2. The van der Waals surface area contributed by atoms with E-state index in [2.05, 4.69) is 67.7 Å². The van der Waals surface area contributed by atoms with Crippen LogP contribution in [-0.2, 0) is 12.8 Å². The Kier molecular flexibility index (Phi) is 6.86. The van der Waals surface area contributed by atoms with Gasteiger partial charge in [-0.1, -0.05) is 48.5 Å². The van der Waals surface area contributed by atoms with E-state index in [1.807, 2.05) is 12.1 Å². The van der Waals surface area contributed by atoms with Crippen LogP contribution in [0.3, 0.4) is 0 Å². The molecule has 1 aromatic heterocycles. The van der Waals surface area contributed by atoms with Crippen LogP contribution in [0.15, 0.2) is 71.3 Å². The fourth-order valence-electron chi connectivity index (χ4n) is 3.48. The highest BCUT2D eigenvalue weighted by Gasteiger charge is 2.18. The molecule has 3 nitrogen and oxygen atoms in total. The molecule has 0 fully saturated rings. The Balaban J connectivity index is 1.68. The second-order valence-electron chi connectivity index (χ2n) is 7.29. The van der Waals surface area contributed by atoms with Gasteiger partial charge in [-0.05, 0) is 67.0 Å². The molecule has 27 heavy (non-hydrogen) atoms. The summed E-state index contributed by atoms with van der Waals surface area (Å²) in [7, 11) is 0. The number of furan rings is 1. The van der Waals surface area contributed by atoms with Crippen molar-refractivity contribution in [1.82, 2.24) is 5.32 Å². The van der Waals surface area contributed by atoms with Crippen LogP contribution in [0.5, 0.6) is 0 Å². The van der Waals surface area contributed by atoms with Crippen molar-refractivity contribution in [1.29, 1.82) is 0 Å². The molecular formula is C24H29NO2. The van der Waals surface area contributed by atoms with Crippen molar-refractivity contribution in [3.05, 3.63) is 94.9 Å². The van der Waals surface area contributed by atoms with E-state index in [4.69, 9.17) is 4.42 Å². The highest BCUT2D eigenvalue weighted by atomic mass is 16.3. The van der Waals surface area contributed by atoms with E-state index in [0.717, 1.165) is 25.1 Å². The minimum absolute atomic E-state index is 0.0898. The minimum atomic E-state index is 0.0898. The molecule has 0 saturated heterocycles. The summed E-state index contributed by atoms with van der Waals surface area (Å²) in [6.07, 6.45) is 3.45. The first kappa shape index (κ1) is 19.4. The number of hydrogen-bond donors (Lipinski definition) is 2. The molecule has 0 amide bonds. The molecule has 2 N–H and O–H groups in total. The van der Waals surface area contributed by atoms with Crippen LogP contribution in [-0.4, -0.2) is 18.3 Å². The zero-order chi connectivity index (χ0) is 19.1. The number of aryl methyl sites for hydroxylation is 2. The first-order chi connectivity index (χ1) is 13.2. The molecule has 3 heteroatoms. The normalized spacial score (nSPS) is 13.4. The monoisotopic (exact) mass is 363 g/mol. The van der Waals surface area contributed by atoms with E-state index in [1.165, 1.54) is 22.3 Å². The van der Waals surface area contributed by atoms with Crippen LogP contribution < -0.4 is 5.32 Å². The third-order valence-corrected chi connectivity index (χ3v) is 5.25. The molecule has 3 rings (SSSR count). The fourth-order valence-corrected chi connectivity index (χ4v) is 3.48. The van der Waals surface area contributed by atoms with Gasteiger partial charge in [-0.15, -0.1) is 0 Å². The number of aliphatic hydroxyl groups is 1. The van der Waals surface area contributed by atoms with Crippen molar-refractivity contribution in [2.24, 2.45) is 5.92 Å². The molecule has 0 bridgehead atoms. The van der Waals surface area contributed by atoms with E-state index in [9.17, 15) is 5.11 Å². The lowest BCUT2D eigenvalue weighted by molar-refractivity contribution is 0.215. The van der Waals surface area contributed by atoms with Crippen LogP contribution in [0.4, 0.5) is 0 Å². The quantitative estimate of drug-likeness (QED) is 0.583. The van der Waals surface area contributed by atoms with Gasteiger partial charge in [-0.3, -0.25) is 0 Å². The molecule has 0 radical (unpaired) electrons. The van der Waals surface area contributed by atoms with E-state index >= 15 is 0 Å². The van der Waals surface area contributed by atoms with E-state index in [0.29, 0.717) is 0 Å². The largest absolute Gasteiger partial charge is 0.468 e. The van der Waals surface area contributed by atoms with Crippen molar-refractivity contribution in [2.75, 3.05) is 13.2 Å². The van der Waals surface area contributed by atoms with E-state index < -0.39 is 0 Å². The Bertz CT molecular complexity index is 826. The lowest BCUT2D eigenvalue weighted by Gasteiger charge is -2.22. The van der Waals surface area contributed by atoms with Gasteiger partial charge in [0.05, 0.1) is 12.3 Å². The maximum Gasteiger partial charge on any atom is 0.121 e. The summed E-state index contributed by atoms with van der Waals surface area (Å²) < 4.78 is 5.69. The number of hydrogen-bond acceptors (Lipinski definition) is 3. The Morgan fingerprint density at radius 3 is 2.04 bits per heavy atom. The Morgan fingerprint density at radius 2 is 1.48 bits per heavy atom. The SMILES string of the molecule is Cc1ccccc1CC(CO)CNC(Cc1ccccc1C)c1ccco1. The molecule has 1 heterocycles. The standard InChI is InChI=1S/C24H29NO2/c1-18-8-3-5-10-21(18)14-20(17-26)16-25-23(24-12-7-13-27-24)15-22-11-6-4-9-19(22)2/h3-13,20,23,25-26H,14-17H2,1-2H3. The first-order valence-electron chi connectivity index (χ1n) is 9.64. The molecule has 0 spiro atoms. The molecule has 0 saturated carbocycles. The van der Waals surface area contributed by atoms with E-state index in [-0.39, 0.29) is 18.6 Å². The van der Waals surface area contributed by atoms with Gasteiger partial charge >= 0.3 is 0 Å². The minimum Gasteiger partial charge on any atom is -0.468 e. The Morgan fingerprint density at radius 1 is 0.852 bits per heavy atom. The summed E-state index contributed by atoms with van der Waals surface area (Å²) in [5.41, 5.74) is 5.17. The first-order valence-corrected chi connectivity index (χ1v) is 9.64. The fraction of sp³-hybridized carbons (Fsp3) is 0.333. The summed E-state index contributed by atoms with van der Waals surface area (Å²) in [5, 5.41) is 13.5. The third-order valence-electron chi connectivity index (χ3n) is 5.25. The van der Waals surface area contributed by atoms with Crippen molar-refractivity contribution in [3.63, 3.8) is 0 Å². The highest BCUT2D eigenvalue weighted by molar-refractivity contribution is 5.28. The third kappa shape index (κ3) is 5.31. The van der Waals surface area contributed by atoms with Gasteiger partial charge in [0.2, 0.25) is 0 Å². The van der Waals surface area contributed by atoms with Crippen LogP contribution in [0.2, 0.25) is 0 Å². The maximum atomic E-state index is 9.89. The average molecular weight is 364 g/mol. The molecule has 3 aromatic rings. The molecular weight excluding hydrogens is 334 g/mol. The van der Waals surface area contributed by atoms with Crippen LogP contribution in [0, 0.1) is 19.8 Å². The predicted octanol–water partition coefficient (Wildman–Crippen LogP) is 4.62. The number of rotatable bonds is 9. The number of nitrogens with one attached hydrogen (secondary N) is 1. The van der Waals surface area contributed by atoms with Gasteiger partial charge in [0, 0.05) is 13.2 Å². The second-order valence-corrected chi connectivity index (χ2v) is 7.29. The highest BCUT2D eigenvalue weighted by Crippen LogP contribution is 2.22. The van der Waals surface area contributed by atoms with E-state index in [1.54, 1.807) is 6.26 Å². The van der Waals surface area contributed by atoms with Crippen molar-refractivity contribution in [2.45, 2.75) is 32.7 Å². The van der Waals surface area contributed by atoms with Crippen molar-refractivity contribution >= 4 is 0 Å². The Hall–Kier alpha value is -2.36. The molecule has 142 valence electrons. The smallest absolute Gasteiger partial charge is 0.121 e. The van der Waals surface area contributed by atoms with Crippen LogP contribution >= 0.6 is 0 Å². The van der Waals surface area contributed by atoms with Crippen molar-refractivity contribution < 1.29 is 9.52 Å². The lowest BCUT2D eigenvalue weighted by Crippen LogP contribution is -2.31. The zero-order valence-electron chi connectivity index (χ0n) is 16.2. The molecule has 0 aliphatic carbocycles. The molecule has 0 aliphatic heterocycles.